The predicted octanol–water partition coefficient (Wildman–Crippen LogP) is 12.2. The number of hydrogen-bond donors (Lipinski definition) is 0. The maximum absolute atomic E-state index is 14.8. The molecule has 0 bridgehead atoms. The summed E-state index contributed by atoms with van der Waals surface area (Å²) in [4.78, 5) is 0. The van der Waals surface area contributed by atoms with Crippen molar-refractivity contribution >= 4 is 5.57 Å². The summed E-state index contributed by atoms with van der Waals surface area (Å²) in [5.74, 6) is -28.2. The molecular formula is C30H32F12. The SMILES string of the molecule is C=C(C)/C(F)=C(F)\C(=C(\F)CF)c1c(F)c(F)c(-c2c(F)c(F)c(C(C)CC)c(F)c2F)c(F)c1F.CC.CCCC. The van der Waals surface area contributed by atoms with Crippen LogP contribution in [0.1, 0.15) is 84.8 Å². The summed E-state index contributed by atoms with van der Waals surface area (Å²) in [7, 11) is 0. The van der Waals surface area contributed by atoms with Crippen LogP contribution >= 0.6 is 0 Å². The summed E-state index contributed by atoms with van der Waals surface area (Å²) in [6.45, 7) is 12.3. The first-order chi connectivity index (χ1) is 19.6. The van der Waals surface area contributed by atoms with Crippen LogP contribution in [0.4, 0.5) is 52.7 Å². The summed E-state index contributed by atoms with van der Waals surface area (Å²) in [5, 5.41) is 0. The molecule has 0 radical (unpaired) electrons. The van der Waals surface area contributed by atoms with Gasteiger partial charge in [0.2, 0.25) is 0 Å². The first kappa shape index (κ1) is 38.8. The molecule has 1 unspecified atom stereocenters. The standard InChI is InChI=1S/C24H16F12.C4H10.C2H6/c1-5-8(4)10-16(28)21(33)13(22(34)17(10)29)14-23(35)19(31)12(20(32)24(14)36)11(9(26)6-25)18(30)15(27)7(2)3;1-3-4-2;1-2/h8H,2,5-6H2,1,3-4H3;3-4H2,1-2H3;1-2H3/b11-9+,18-15-;;. The highest BCUT2D eigenvalue weighted by Crippen LogP contribution is 2.43. The van der Waals surface area contributed by atoms with E-state index in [1.165, 1.54) is 19.8 Å². The van der Waals surface area contributed by atoms with E-state index in [0.29, 0.717) is 0 Å². The number of halogens is 12. The highest BCUT2D eigenvalue weighted by Gasteiger charge is 2.37. The number of hydrogen-bond acceptors (Lipinski definition) is 0. The lowest BCUT2D eigenvalue weighted by molar-refractivity contribution is 0.423. The van der Waals surface area contributed by atoms with Gasteiger partial charge < -0.3 is 0 Å². The van der Waals surface area contributed by atoms with Crippen LogP contribution in [0, 0.1) is 46.5 Å². The van der Waals surface area contributed by atoms with Crippen LogP contribution < -0.4 is 0 Å². The van der Waals surface area contributed by atoms with Crippen LogP contribution in [0.5, 0.6) is 0 Å². The zero-order valence-electron chi connectivity index (χ0n) is 24.1. The normalized spacial score (nSPS) is 12.8. The molecule has 0 N–H and O–H groups in total. The van der Waals surface area contributed by atoms with Crippen LogP contribution in [0.15, 0.2) is 29.6 Å². The first-order valence-electron chi connectivity index (χ1n) is 12.9. The zero-order valence-corrected chi connectivity index (χ0v) is 24.1. The van der Waals surface area contributed by atoms with E-state index in [0.717, 1.165) is 13.8 Å². The Balaban J connectivity index is 0.00000257. The smallest absolute Gasteiger partial charge is 0.170 e. The lowest BCUT2D eigenvalue weighted by atomic mass is 9.91. The molecule has 0 spiro atoms. The molecule has 1 atom stereocenters. The zero-order chi connectivity index (χ0) is 33.2. The molecule has 0 aliphatic rings. The first-order valence-corrected chi connectivity index (χ1v) is 12.9. The summed E-state index contributed by atoms with van der Waals surface area (Å²) in [6.07, 6.45) is 2.60. The van der Waals surface area contributed by atoms with Crippen LogP contribution in [-0.2, 0) is 0 Å². The molecule has 0 nitrogen and oxygen atoms in total. The molecular weight excluding hydrogens is 588 g/mol. The van der Waals surface area contributed by atoms with E-state index in [9.17, 15) is 52.7 Å². The fourth-order valence-corrected chi connectivity index (χ4v) is 3.30. The Morgan fingerprint density at radius 2 is 1.00 bits per heavy atom. The van der Waals surface area contributed by atoms with Crippen LogP contribution in [0.3, 0.4) is 0 Å². The molecule has 2 aromatic carbocycles. The number of rotatable bonds is 8. The highest BCUT2D eigenvalue weighted by molar-refractivity contribution is 5.82. The molecule has 0 fully saturated rings. The van der Waals surface area contributed by atoms with Crippen LogP contribution in [-0.4, -0.2) is 6.67 Å². The van der Waals surface area contributed by atoms with Crippen LogP contribution in [0.25, 0.3) is 16.7 Å². The molecule has 0 saturated heterocycles. The van der Waals surface area contributed by atoms with Crippen molar-refractivity contribution in [2.75, 3.05) is 6.67 Å². The summed E-state index contributed by atoms with van der Waals surface area (Å²) >= 11 is 0. The molecule has 12 heteroatoms. The van der Waals surface area contributed by atoms with Gasteiger partial charge in [-0.1, -0.05) is 61.0 Å². The number of benzene rings is 2. The highest BCUT2D eigenvalue weighted by atomic mass is 19.2. The summed E-state index contributed by atoms with van der Waals surface area (Å²) < 4.78 is 173. The van der Waals surface area contributed by atoms with Crippen molar-refractivity contribution < 1.29 is 52.7 Å². The fourth-order valence-electron chi connectivity index (χ4n) is 3.30. The second-order valence-corrected chi connectivity index (χ2v) is 8.68. The second-order valence-electron chi connectivity index (χ2n) is 8.68. The van der Waals surface area contributed by atoms with Gasteiger partial charge in [-0.05, 0) is 24.8 Å². The van der Waals surface area contributed by atoms with Crippen LogP contribution in [0.2, 0.25) is 0 Å². The Kier molecular flexibility index (Phi) is 15.8. The van der Waals surface area contributed by atoms with Gasteiger partial charge in [0.25, 0.3) is 0 Å². The molecule has 0 heterocycles. The largest absolute Gasteiger partial charge is 0.243 e. The molecule has 0 aromatic heterocycles. The Hall–Kier alpha value is -3.18. The maximum Gasteiger partial charge on any atom is 0.170 e. The van der Waals surface area contributed by atoms with E-state index in [1.54, 1.807) is 0 Å². The van der Waals surface area contributed by atoms with Crippen molar-refractivity contribution in [2.24, 2.45) is 0 Å². The molecule has 2 aromatic rings. The van der Waals surface area contributed by atoms with Gasteiger partial charge in [-0.2, -0.15) is 0 Å². The minimum absolute atomic E-state index is 0.0399. The number of unbranched alkanes of at least 4 members (excludes halogenated alkanes) is 1. The molecule has 0 aliphatic carbocycles. The van der Waals surface area contributed by atoms with E-state index >= 15 is 0 Å². The van der Waals surface area contributed by atoms with E-state index in [4.69, 9.17) is 0 Å². The third-order valence-electron chi connectivity index (χ3n) is 5.84. The van der Waals surface area contributed by atoms with Gasteiger partial charge in [-0.3, -0.25) is 0 Å². The van der Waals surface area contributed by atoms with Gasteiger partial charge in [0.05, 0.1) is 22.3 Å². The van der Waals surface area contributed by atoms with E-state index in [-0.39, 0.29) is 6.42 Å². The van der Waals surface area contributed by atoms with E-state index < -0.39 is 110 Å². The number of allylic oxidation sites excluding steroid dienone is 5. The van der Waals surface area contributed by atoms with Gasteiger partial charge in [-0.15, -0.1) is 0 Å². The van der Waals surface area contributed by atoms with Gasteiger partial charge >= 0.3 is 0 Å². The van der Waals surface area contributed by atoms with E-state index in [1.807, 2.05) is 13.8 Å². The Labute approximate surface area is 237 Å². The second kappa shape index (κ2) is 17.1. The van der Waals surface area contributed by atoms with Gasteiger partial charge in [-0.25, -0.2) is 52.7 Å². The number of alkyl halides is 1. The lowest BCUT2D eigenvalue weighted by Crippen LogP contribution is -2.13. The van der Waals surface area contributed by atoms with Crippen molar-refractivity contribution in [2.45, 2.75) is 73.6 Å². The molecule has 42 heavy (non-hydrogen) atoms. The summed E-state index contributed by atoms with van der Waals surface area (Å²) in [5.41, 5.74) is -11.0. The third-order valence-corrected chi connectivity index (χ3v) is 5.84. The van der Waals surface area contributed by atoms with Crippen molar-refractivity contribution in [1.29, 1.82) is 0 Å². The quantitative estimate of drug-likeness (QED) is 0.157. The average Bonchev–Trinajstić information content (AvgIpc) is 2.98. The van der Waals surface area contributed by atoms with Gasteiger partial charge in [0, 0.05) is 5.56 Å². The maximum atomic E-state index is 14.8. The van der Waals surface area contributed by atoms with Crippen molar-refractivity contribution in [3.63, 3.8) is 0 Å². The molecule has 0 amide bonds. The Morgan fingerprint density at radius 3 is 1.29 bits per heavy atom. The molecule has 2 rings (SSSR count). The topological polar surface area (TPSA) is 0 Å². The predicted molar refractivity (Wildman–Crippen MR) is 140 cm³/mol. The minimum Gasteiger partial charge on any atom is -0.243 e. The lowest BCUT2D eigenvalue weighted by Gasteiger charge is -2.18. The Morgan fingerprint density at radius 1 is 0.643 bits per heavy atom. The fraction of sp³-hybridized carbons (Fsp3) is 0.400. The van der Waals surface area contributed by atoms with Gasteiger partial charge in [0.1, 0.15) is 12.5 Å². The third kappa shape index (κ3) is 7.80. The average molecular weight is 621 g/mol. The molecule has 236 valence electrons. The molecule has 0 aliphatic heterocycles. The monoisotopic (exact) mass is 620 g/mol. The van der Waals surface area contributed by atoms with E-state index in [2.05, 4.69) is 20.4 Å². The summed E-state index contributed by atoms with van der Waals surface area (Å²) in [6, 6.07) is 0. The van der Waals surface area contributed by atoms with Crippen molar-refractivity contribution in [3.8, 4) is 11.1 Å². The van der Waals surface area contributed by atoms with Crippen molar-refractivity contribution in [3.05, 3.63) is 87.3 Å². The van der Waals surface area contributed by atoms with Crippen molar-refractivity contribution in [1.82, 2.24) is 0 Å². The molecule has 0 saturated carbocycles. The van der Waals surface area contributed by atoms with Gasteiger partial charge in [0.15, 0.2) is 58.2 Å². The Bertz CT molecular complexity index is 1280. The minimum atomic E-state index is -2.77.